The average Bonchev–Trinajstić information content (AvgIpc) is 3.13. The third-order valence-electron chi connectivity index (χ3n) is 4.08. The monoisotopic (exact) mass is 443 g/mol. The molecule has 27 heavy (non-hydrogen) atoms. The number of nitrogens with one attached hydrogen (secondary N) is 2. The summed E-state index contributed by atoms with van der Waals surface area (Å²) in [6, 6.07) is 2.90. The van der Waals surface area contributed by atoms with Crippen molar-refractivity contribution >= 4 is 68.7 Å². The highest BCUT2D eigenvalue weighted by Crippen LogP contribution is 2.39. The predicted octanol–water partition coefficient (Wildman–Crippen LogP) is 3.78. The molecule has 1 aromatic heterocycles. The van der Waals surface area contributed by atoms with Crippen molar-refractivity contribution < 1.29 is 14.3 Å². The average molecular weight is 444 g/mol. The van der Waals surface area contributed by atoms with Gasteiger partial charge in [0.25, 0.3) is 11.8 Å². The number of hydrogen-bond acceptors (Lipinski definition) is 5. The minimum atomic E-state index is -0.543. The lowest BCUT2D eigenvalue weighted by Crippen LogP contribution is -2.34. The number of rotatable bonds is 4. The van der Waals surface area contributed by atoms with Crippen molar-refractivity contribution in [1.82, 2.24) is 5.32 Å². The van der Waals surface area contributed by atoms with Crippen LogP contribution < -0.4 is 21.1 Å². The molecular formula is C17H15Cl2N3O3S2. The van der Waals surface area contributed by atoms with Crippen molar-refractivity contribution in [2.45, 2.75) is 19.3 Å². The Balaban J connectivity index is 1.80. The van der Waals surface area contributed by atoms with Crippen LogP contribution in [0.15, 0.2) is 12.1 Å². The highest BCUT2D eigenvalue weighted by Gasteiger charge is 2.26. The van der Waals surface area contributed by atoms with Crippen LogP contribution in [0.2, 0.25) is 10.0 Å². The number of amides is 2. The number of anilines is 1. The van der Waals surface area contributed by atoms with Crippen molar-refractivity contribution in [3.63, 3.8) is 0 Å². The molecule has 0 atom stereocenters. The minimum absolute atomic E-state index is 0.0283. The first-order valence-corrected chi connectivity index (χ1v) is 9.89. The fourth-order valence-corrected chi connectivity index (χ4v) is 5.12. The molecule has 0 saturated carbocycles. The van der Waals surface area contributed by atoms with Crippen LogP contribution in [0.4, 0.5) is 5.00 Å². The summed E-state index contributed by atoms with van der Waals surface area (Å²) in [5, 5.41) is 6.50. The number of benzene rings is 1. The number of fused-ring (bicyclic) bond motifs is 1. The summed E-state index contributed by atoms with van der Waals surface area (Å²) < 4.78 is 5.17. The number of primary amides is 1. The summed E-state index contributed by atoms with van der Waals surface area (Å²) in [4.78, 5) is 25.5. The lowest BCUT2D eigenvalue weighted by atomic mass is 10.1. The van der Waals surface area contributed by atoms with Crippen molar-refractivity contribution in [2.24, 2.45) is 5.73 Å². The predicted molar refractivity (Wildman–Crippen MR) is 112 cm³/mol. The number of carbonyl (C=O) groups excluding carboxylic acids is 2. The van der Waals surface area contributed by atoms with Gasteiger partial charge in [-0.1, -0.05) is 23.2 Å². The van der Waals surface area contributed by atoms with Gasteiger partial charge in [0.2, 0.25) is 0 Å². The van der Waals surface area contributed by atoms with Crippen LogP contribution in [0.5, 0.6) is 5.75 Å². The number of halogens is 2. The highest BCUT2D eigenvalue weighted by molar-refractivity contribution is 7.80. The first kappa shape index (κ1) is 19.9. The van der Waals surface area contributed by atoms with E-state index in [0.29, 0.717) is 10.6 Å². The molecule has 0 aliphatic heterocycles. The fourth-order valence-electron chi connectivity index (χ4n) is 2.99. The van der Waals surface area contributed by atoms with Gasteiger partial charge in [-0.2, -0.15) is 0 Å². The summed E-state index contributed by atoms with van der Waals surface area (Å²) >= 11 is 18.7. The number of carbonyl (C=O) groups is 2. The number of methoxy groups -OCH3 is 1. The second-order valence-electron chi connectivity index (χ2n) is 5.80. The van der Waals surface area contributed by atoms with Crippen LogP contribution in [0, 0.1) is 0 Å². The lowest BCUT2D eigenvalue weighted by molar-refractivity contribution is 0.0972. The van der Waals surface area contributed by atoms with Crippen LogP contribution in [-0.2, 0) is 12.8 Å². The zero-order chi connectivity index (χ0) is 19.7. The van der Waals surface area contributed by atoms with E-state index in [-0.39, 0.29) is 26.5 Å². The Morgan fingerprint density at radius 3 is 2.70 bits per heavy atom. The number of hydrogen-bond donors (Lipinski definition) is 3. The first-order chi connectivity index (χ1) is 12.8. The summed E-state index contributed by atoms with van der Waals surface area (Å²) in [7, 11) is 1.40. The Morgan fingerprint density at radius 1 is 1.30 bits per heavy atom. The summed E-state index contributed by atoms with van der Waals surface area (Å²) in [5.74, 6) is -0.873. The van der Waals surface area contributed by atoms with Gasteiger partial charge in [-0.3, -0.25) is 14.9 Å². The topological polar surface area (TPSA) is 93.4 Å². The minimum Gasteiger partial charge on any atom is -0.494 e. The quantitative estimate of drug-likeness (QED) is 0.625. The van der Waals surface area contributed by atoms with Crippen molar-refractivity contribution in [1.29, 1.82) is 0 Å². The standard InChI is InChI=1S/C17H15Cl2N3O3S2/c1-25-13-9(5-7(18)6-10(13)19)15(24)21-17(26)22-16-12(14(20)23)8-3-2-4-11(8)27-16/h5-6H,2-4H2,1H3,(H2,20,23)(H2,21,22,24,26). The van der Waals surface area contributed by atoms with Gasteiger partial charge in [0.1, 0.15) is 10.8 Å². The summed E-state index contributed by atoms with van der Waals surface area (Å²) in [5.41, 5.74) is 7.07. The van der Waals surface area contributed by atoms with Gasteiger partial charge in [-0.15, -0.1) is 11.3 Å². The molecule has 1 aliphatic carbocycles. The van der Waals surface area contributed by atoms with Crippen LogP contribution in [0.25, 0.3) is 0 Å². The molecule has 6 nitrogen and oxygen atoms in total. The SMILES string of the molecule is COc1c(Cl)cc(Cl)cc1C(=O)NC(=S)Nc1sc2c(c1C(N)=O)CCC2. The molecule has 0 bridgehead atoms. The molecule has 0 radical (unpaired) electrons. The molecule has 3 rings (SSSR count). The van der Waals surface area contributed by atoms with E-state index in [9.17, 15) is 9.59 Å². The summed E-state index contributed by atoms with van der Waals surface area (Å²) in [6.45, 7) is 0. The molecule has 1 aromatic carbocycles. The zero-order valence-electron chi connectivity index (χ0n) is 14.2. The molecule has 0 spiro atoms. The molecule has 1 aliphatic rings. The van der Waals surface area contributed by atoms with Gasteiger partial charge in [-0.05, 0) is 49.2 Å². The number of nitrogens with two attached hydrogens (primary N) is 1. The fraction of sp³-hybridized carbons (Fsp3) is 0.235. The van der Waals surface area contributed by atoms with Crippen molar-refractivity contribution in [3.05, 3.63) is 43.7 Å². The number of ether oxygens (including phenoxy) is 1. The highest BCUT2D eigenvalue weighted by atomic mass is 35.5. The maximum atomic E-state index is 12.6. The smallest absolute Gasteiger partial charge is 0.261 e. The third kappa shape index (κ3) is 4.03. The Bertz CT molecular complexity index is 959. The second-order valence-corrected chi connectivity index (χ2v) is 8.16. The Labute approximate surface area is 175 Å². The van der Waals surface area contributed by atoms with E-state index in [1.165, 1.54) is 30.6 Å². The third-order valence-corrected chi connectivity index (χ3v) is 5.99. The van der Waals surface area contributed by atoms with Crippen molar-refractivity contribution in [2.75, 3.05) is 12.4 Å². The van der Waals surface area contributed by atoms with E-state index in [2.05, 4.69) is 10.6 Å². The van der Waals surface area contributed by atoms with Gasteiger partial charge in [0.05, 0.1) is 23.3 Å². The molecule has 1 heterocycles. The van der Waals surface area contributed by atoms with Crippen LogP contribution in [-0.4, -0.2) is 24.0 Å². The summed E-state index contributed by atoms with van der Waals surface area (Å²) in [6.07, 6.45) is 2.71. The molecule has 0 unspecified atom stereocenters. The van der Waals surface area contributed by atoms with Gasteiger partial charge >= 0.3 is 0 Å². The Hall–Kier alpha value is -1.87. The van der Waals surface area contributed by atoms with E-state index in [4.69, 9.17) is 45.9 Å². The molecular weight excluding hydrogens is 429 g/mol. The molecule has 10 heteroatoms. The van der Waals surface area contributed by atoms with E-state index < -0.39 is 11.8 Å². The maximum absolute atomic E-state index is 12.6. The van der Waals surface area contributed by atoms with Crippen LogP contribution in [0.3, 0.4) is 0 Å². The molecule has 2 amide bonds. The molecule has 0 fully saturated rings. The molecule has 4 N–H and O–H groups in total. The van der Waals surface area contributed by atoms with E-state index in [0.717, 1.165) is 29.7 Å². The first-order valence-electron chi connectivity index (χ1n) is 7.91. The normalized spacial score (nSPS) is 12.4. The largest absolute Gasteiger partial charge is 0.494 e. The zero-order valence-corrected chi connectivity index (χ0v) is 17.3. The van der Waals surface area contributed by atoms with Crippen LogP contribution in [0.1, 0.15) is 37.6 Å². The van der Waals surface area contributed by atoms with Gasteiger partial charge in [0.15, 0.2) is 5.11 Å². The van der Waals surface area contributed by atoms with E-state index in [1.807, 2.05) is 0 Å². The van der Waals surface area contributed by atoms with Gasteiger partial charge < -0.3 is 15.8 Å². The number of thiocarbonyl (C=S) groups is 1. The lowest BCUT2D eigenvalue weighted by Gasteiger charge is -2.13. The number of aryl methyl sites for hydroxylation is 1. The maximum Gasteiger partial charge on any atom is 0.261 e. The van der Waals surface area contributed by atoms with E-state index in [1.54, 1.807) is 0 Å². The van der Waals surface area contributed by atoms with E-state index >= 15 is 0 Å². The Morgan fingerprint density at radius 2 is 2.04 bits per heavy atom. The molecule has 0 saturated heterocycles. The Kier molecular flexibility index (Phi) is 5.90. The second kappa shape index (κ2) is 8.02. The van der Waals surface area contributed by atoms with Crippen LogP contribution >= 0.6 is 46.8 Å². The molecule has 142 valence electrons. The number of thiophene rings is 1. The van der Waals surface area contributed by atoms with Gasteiger partial charge in [0, 0.05) is 9.90 Å². The van der Waals surface area contributed by atoms with Gasteiger partial charge in [-0.25, -0.2) is 0 Å². The molecule has 2 aromatic rings. The van der Waals surface area contributed by atoms with Crippen molar-refractivity contribution in [3.8, 4) is 5.75 Å².